The summed E-state index contributed by atoms with van der Waals surface area (Å²) in [4.78, 5) is 14.8. The summed E-state index contributed by atoms with van der Waals surface area (Å²) in [6.45, 7) is 13.1. The summed E-state index contributed by atoms with van der Waals surface area (Å²) in [5.41, 5.74) is 10.5. The van der Waals surface area contributed by atoms with Gasteiger partial charge in [-0.3, -0.25) is 4.98 Å². The number of rotatable bonds is 4. The molecule has 7 heteroatoms. The van der Waals surface area contributed by atoms with Crippen LogP contribution in [0.1, 0.15) is 43.0 Å². The molecule has 5 heterocycles. The fourth-order valence-electron chi connectivity index (χ4n) is 7.45. The third kappa shape index (κ3) is 5.41. The van der Waals surface area contributed by atoms with E-state index in [0.717, 1.165) is 66.3 Å². The number of hydrogen-bond acceptors (Lipinski definition) is 4. The molecule has 0 saturated carbocycles. The molecule has 0 N–H and O–H groups in total. The number of ether oxygens (including phenoxy) is 1. The summed E-state index contributed by atoms with van der Waals surface area (Å²) in [7, 11) is 0. The molecule has 5 aromatic heterocycles. The van der Waals surface area contributed by atoms with Crippen LogP contribution in [0.15, 0.2) is 104 Å². The van der Waals surface area contributed by atoms with E-state index in [0.29, 0.717) is 11.5 Å². The minimum absolute atomic E-state index is 0. The minimum Gasteiger partial charge on any atom is -0.503 e. The quantitative estimate of drug-likeness (QED) is 0.131. The number of nitrogens with zero attached hydrogens (tertiary/aromatic N) is 5. The Balaban J connectivity index is 0.00000374. The number of aromatic nitrogens is 5. The first kappa shape index (κ1) is 32.9. The molecule has 0 radical (unpaired) electrons. The van der Waals surface area contributed by atoms with Crippen molar-refractivity contribution in [1.29, 1.82) is 0 Å². The Bertz CT molecular complexity index is 2800. The molecular weight excluding hydrogens is 810 g/mol. The second-order valence-corrected chi connectivity index (χ2v) is 14.3. The average Bonchev–Trinajstić information content (AvgIpc) is 3.67. The number of hydrogen-bond donors (Lipinski definition) is 0. The van der Waals surface area contributed by atoms with Gasteiger partial charge in [0.05, 0.1) is 11.3 Å². The van der Waals surface area contributed by atoms with Gasteiger partial charge in [-0.15, -0.1) is 29.7 Å². The summed E-state index contributed by atoms with van der Waals surface area (Å²) < 4.78 is 10.8. The Kier molecular flexibility index (Phi) is 7.84. The smallest absolute Gasteiger partial charge is 0.503 e. The molecule has 0 fully saturated rings. The first-order chi connectivity index (χ1) is 24.1. The first-order valence-electron chi connectivity index (χ1n) is 16.9. The monoisotopic (exact) mass is 844 g/mol. The average molecular weight is 845 g/mol. The van der Waals surface area contributed by atoms with E-state index < -0.39 is 0 Å². The van der Waals surface area contributed by atoms with Crippen molar-refractivity contribution in [2.24, 2.45) is 0 Å². The molecule has 252 valence electrons. The third-order valence-electron chi connectivity index (χ3n) is 9.70. The van der Waals surface area contributed by atoms with Crippen molar-refractivity contribution in [2.45, 2.75) is 47.0 Å². The van der Waals surface area contributed by atoms with Gasteiger partial charge in [0.1, 0.15) is 11.5 Å². The van der Waals surface area contributed by atoms with Gasteiger partial charge in [0, 0.05) is 41.2 Å². The van der Waals surface area contributed by atoms with E-state index in [1.54, 1.807) is 0 Å². The van der Waals surface area contributed by atoms with E-state index in [9.17, 15) is 0 Å². The van der Waals surface area contributed by atoms with E-state index in [4.69, 9.17) is 19.7 Å². The van der Waals surface area contributed by atoms with Gasteiger partial charge in [-0.1, -0.05) is 85.1 Å². The molecule has 9 rings (SSSR count). The molecular formula is C44H35N5OPt. The molecule has 4 aromatic carbocycles. The Labute approximate surface area is 311 Å². The van der Waals surface area contributed by atoms with Crippen molar-refractivity contribution in [1.82, 2.24) is 23.9 Å². The Morgan fingerprint density at radius 1 is 0.686 bits per heavy atom. The molecule has 0 atom stereocenters. The van der Waals surface area contributed by atoms with E-state index in [1.165, 1.54) is 22.3 Å². The van der Waals surface area contributed by atoms with Crippen molar-refractivity contribution >= 4 is 49.3 Å². The van der Waals surface area contributed by atoms with Gasteiger partial charge in [0.25, 0.3) is 0 Å². The predicted molar refractivity (Wildman–Crippen MR) is 203 cm³/mol. The van der Waals surface area contributed by atoms with Crippen molar-refractivity contribution in [2.75, 3.05) is 0 Å². The van der Waals surface area contributed by atoms with Gasteiger partial charge in [-0.2, -0.15) is 6.07 Å². The van der Waals surface area contributed by atoms with Crippen LogP contribution in [-0.4, -0.2) is 23.9 Å². The molecule has 6 nitrogen and oxygen atoms in total. The fourth-order valence-corrected chi connectivity index (χ4v) is 7.45. The Morgan fingerprint density at radius 2 is 1.41 bits per heavy atom. The van der Waals surface area contributed by atoms with Crippen LogP contribution in [0.2, 0.25) is 0 Å². The van der Waals surface area contributed by atoms with Crippen LogP contribution in [0, 0.1) is 32.9 Å². The molecule has 0 unspecified atom stereocenters. The molecule has 0 saturated heterocycles. The van der Waals surface area contributed by atoms with Crippen LogP contribution in [0.3, 0.4) is 0 Å². The Morgan fingerprint density at radius 3 is 2.20 bits per heavy atom. The first-order valence-corrected chi connectivity index (χ1v) is 16.9. The molecule has 51 heavy (non-hydrogen) atoms. The topological polar surface area (TPSA) is 57.2 Å². The second kappa shape index (κ2) is 12.2. The summed E-state index contributed by atoms with van der Waals surface area (Å²) in [5, 5.41) is 5.15. The molecule has 0 aliphatic carbocycles. The van der Waals surface area contributed by atoms with Gasteiger partial charge >= 0.3 is 21.1 Å². The van der Waals surface area contributed by atoms with E-state index >= 15 is 0 Å². The second-order valence-electron chi connectivity index (χ2n) is 14.3. The summed E-state index contributed by atoms with van der Waals surface area (Å²) in [6.07, 6.45) is 5.82. The van der Waals surface area contributed by atoms with Crippen molar-refractivity contribution in [3.05, 3.63) is 138 Å². The molecule has 0 bridgehead atoms. The van der Waals surface area contributed by atoms with Gasteiger partial charge in [0.15, 0.2) is 0 Å². The molecule has 0 aliphatic rings. The zero-order chi connectivity index (χ0) is 34.3. The van der Waals surface area contributed by atoms with Crippen LogP contribution in [-0.2, 0) is 26.5 Å². The van der Waals surface area contributed by atoms with Crippen LogP contribution in [0.5, 0.6) is 11.5 Å². The van der Waals surface area contributed by atoms with Gasteiger partial charge < -0.3 is 13.7 Å². The SMILES string of the molecule is Cc1cc(C)c(-c2cn3c(n2)c2[c-]c(Oc4[c-]c5c(cc4)c4ccccc4n5-c4cc(C(C)(C)C)ccn4)ccc2c2cccnc23)c(C)c1.[Pt+2]. The maximum atomic E-state index is 6.57. The number of fused-ring (bicyclic) bond motifs is 9. The number of pyridine rings is 3. The van der Waals surface area contributed by atoms with Gasteiger partial charge in [0.2, 0.25) is 0 Å². The maximum absolute atomic E-state index is 6.57. The van der Waals surface area contributed by atoms with Gasteiger partial charge in [-0.25, -0.2) is 9.97 Å². The summed E-state index contributed by atoms with van der Waals surface area (Å²) in [6, 6.07) is 36.5. The Hall–Kier alpha value is -5.32. The number of imidazole rings is 1. The molecule has 0 aliphatic heterocycles. The fraction of sp³-hybridized carbons (Fsp3) is 0.159. The van der Waals surface area contributed by atoms with Crippen LogP contribution < -0.4 is 4.74 Å². The van der Waals surface area contributed by atoms with Gasteiger partial charge in [-0.05, 0) is 77.9 Å². The predicted octanol–water partition coefficient (Wildman–Crippen LogP) is 10.8. The zero-order valence-electron chi connectivity index (χ0n) is 29.3. The number of para-hydroxylation sites is 1. The van der Waals surface area contributed by atoms with E-state index in [-0.39, 0.29) is 26.5 Å². The van der Waals surface area contributed by atoms with Crippen LogP contribution in [0.25, 0.3) is 66.3 Å². The summed E-state index contributed by atoms with van der Waals surface area (Å²) in [5.74, 6) is 2.03. The van der Waals surface area contributed by atoms with E-state index in [2.05, 4.69) is 136 Å². The van der Waals surface area contributed by atoms with Crippen molar-refractivity contribution in [3.63, 3.8) is 0 Å². The normalized spacial score (nSPS) is 12.0. The van der Waals surface area contributed by atoms with Crippen LogP contribution >= 0.6 is 0 Å². The number of benzene rings is 4. The maximum Gasteiger partial charge on any atom is 2.00 e. The standard InChI is InChI=1S/C44H35N5O.Pt/c1-26-20-27(2)41(28(3)21-26)37-25-48-42-35(11-9-18-46-42)32-15-13-30(23-36(32)43(48)47-37)50-31-14-16-34-33-10-7-8-12-38(33)49(39(34)24-31)40-22-29(17-19-45-40)44(4,5)6;/h7-22,25H,1-6H3;/q-2;+2. The number of aryl methyl sites for hydroxylation is 3. The molecule has 0 amide bonds. The largest absolute Gasteiger partial charge is 2.00 e. The van der Waals surface area contributed by atoms with Crippen molar-refractivity contribution in [3.8, 4) is 28.6 Å². The van der Waals surface area contributed by atoms with E-state index in [1.807, 2.05) is 30.6 Å². The van der Waals surface area contributed by atoms with Crippen molar-refractivity contribution < 1.29 is 25.8 Å². The third-order valence-corrected chi connectivity index (χ3v) is 9.70. The summed E-state index contributed by atoms with van der Waals surface area (Å²) >= 11 is 0. The zero-order valence-corrected chi connectivity index (χ0v) is 31.5. The molecule has 9 aromatic rings. The minimum atomic E-state index is -0.0133. The molecule has 0 spiro atoms. The van der Waals surface area contributed by atoms with Crippen LogP contribution in [0.4, 0.5) is 0 Å².